The van der Waals surface area contributed by atoms with Crippen molar-refractivity contribution in [2.75, 3.05) is 40.9 Å². The number of phosphoric acid groups is 1. The lowest BCUT2D eigenvalue weighted by Gasteiger charge is -2.29. The van der Waals surface area contributed by atoms with E-state index in [1.165, 1.54) is 57.8 Å². The number of nitrogens with zero attached hydrogens (tertiary/aromatic N) is 1. The zero-order valence-electron chi connectivity index (χ0n) is 35.9. The molecular formula is C46H83N2O6P. The zero-order chi connectivity index (χ0) is 40.7. The smallest absolute Gasteiger partial charge is 0.268 e. The Balaban J connectivity index is 4.35. The molecule has 0 aromatic heterocycles. The van der Waals surface area contributed by atoms with Gasteiger partial charge in [0.15, 0.2) is 0 Å². The fourth-order valence-electron chi connectivity index (χ4n) is 5.71. The minimum Gasteiger partial charge on any atom is -0.756 e. The van der Waals surface area contributed by atoms with E-state index in [1.54, 1.807) is 6.08 Å². The standard InChI is InChI=1S/C46H83N2O6P/c1-6-8-10-12-14-16-18-19-20-21-22-23-24-25-26-27-28-29-30-32-34-36-38-40-46(50)47-44(43-54-55(51,52)53-42-41-48(3,4)5)45(49)39-37-35-33-31-17-15-13-11-9-7-2/h8,10,14,16,19-20,22-23,25-26,37,39,44-45,49H,6-7,9,11-13,15,17-18,21,24,27-36,38,40-43H2,1-5H3,(H-,47,50,51,52)/b10-8-,16-14-,20-19-,23-22-,26-25-,39-37+. The maximum atomic E-state index is 12.8. The first kappa shape index (κ1) is 52.9. The predicted molar refractivity (Wildman–Crippen MR) is 233 cm³/mol. The molecule has 0 fully saturated rings. The molecule has 0 radical (unpaired) electrons. The largest absolute Gasteiger partial charge is 0.756 e. The Bertz CT molecular complexity index is 1120. The van der Waals surface area contributed by atoms with E-state index < -0.39 is 20.0 Å². The molecule has 0 aliphatic rings. The molecule has 0 aliphatic carbocycles. The zero-order valence-corrected chi connectivity index (χ0v) is 36.7. The van der Waals surface area contributed by atoms with Gasteiger partial charge in [-0.1, -0.05) is 164 Å². The highest BCUT2D eigenvalue weighted by Gasteiger charge is 2.23. The van der Waals surface area contributed by atoms with Crippen molar-refractivity contribution in [2.45, 2.75) is 174 Å². The number of phosphoric ester groups is 1. The summed E-state index contributed by atoms with van der Waals surface area (Å²) < 4.78 is 23.1. The fraction of sp³-hybridized carbons (Fsp3) is 0.717. The van der Waals surface area contributed by atoms with Gasteiger partial charge in [0.2, 0.25) is 5.91 Å². The van der Waals surface area contributed by atoms with Gasteiger partial charge in [0, 0.05) is 6.42 Å². The number of carbonyl (C=O) groups excluding carboxylic acids is 1. The van der Waals surface area contributed by atoms with Crippen molar-refractivity contribution < 1.29 is 32.9 Å². The molecule has 0 spiro atoms. The monoisotopic (exact) mass is 791 g/mol. The van der Waals surface area contributed by atoms with Gasteiger partial charge in [-0.25, -0.2) is 0 Å². The van der Waals surface area contributed by atoms with E-state index in [4.69, 9.17) is 9.05 Å². The summed E-state index contributed by atoms with van der Waals surface area (Å²) in [6.45, 7) is 4.47. The second-order valence-corrected chi connectivity index (χ2v) is 17.1. The fourth-order valence-corrected chi connectivity index (χ4v) is 6.43. The number of hydrogen-bond donors (Lipinski definition) is 2. The molecule has 0 saturated carbocycles. The van der Waals surface area contributed by atoms with E-state index in [0.29, 0.717) is 17.4 Å². The predicted octanol–water partition coefficient (Wildman–Crippen LogP) is 11.4. The van der Waals surface area contributed by atoms with Crippen LogP contribution < -0.4 is 10.2 Å². The van der Waals surface area contributed by atoms with Gasteiger partial charge in [0.1, 0.15) is 13.2 Å². The molecule has 0 rings (SSSR count). The van der Waals surface area contributed by atoms with Crippen molar-refractivity contribution in [2.24, 2.45) is 0 Å². The normalized spacial score (nSPS) is 15.1. The number of likely N-dealkylation sites (N-methyl/N-ethyl adjacent to an activating group) is 1. The van der Waals surface area contributed by atoms with Crippen molar-refractivity contribution in [3.63, 3.8) is 0 Å². The number of nitrogens with one attached hydrogen (secondary N) is 1. The number of unbranched alkanes of at least 4 members (excludes halogenated alkanes) is 15. The summed E-state index contributed by atoms with van der Waals surface area (Å²) in [6.07, 6.45) is 49.5. The highest BCUT2D eigenvalue weighted by molar-refractivity contribution is 7.45. The molecule has 0 aromatic rings. The third-order valence-corrected chi connectivity index (χ3v) is 10.1. The molecule has 2 N–H and O–H groups in total. The lowest BCUT2D eigenvalue weighted by molar-refractivity contribution is -0.870. The number of amides is 1. The van der Waals surface area contributed by atoms with Gasteiger partial charge in [0.05, 0.1) is 39.9 Å². The Morgan fingerprint density at radius 3 is 1.62 bits per heavy atom. The lowest BCUT2D eigenvalue weighted by atomic mass is 10.1. The van der Waals surface area contributed by atoms with Crippen LogP contribution in [-0.2, 0) is 18.4 Å². The molecule has 3 unspecified atom stereocenters. The lowest BCUT2D eigenvalue weighted by Crippen LogP contribution is -2.45. The van der Waals surface area contributed by atoms with E-state index in [0.717, 1.165) is 83.5 Å². The third kappa shape index (κ3) is 40.0. The van der Waals surface area contributed by atoms with Crippen molar-refractivity contribution in [1.82, 2.24) is 5.32 Å². The molecule has 8 nitrogen and oxygen atoms in total. The van der Waals surface area contributed by atoms with Crippen molar-refractivity contribution in [3.05, 3.63) is 72.9 Å². The van der Waals surface area contributed by atoms with Crippen LogP contribution in [0, 0.1) is 0 Å². The van der Waals surface area contributed by atoms with Crippen molar-refractivity contribution >= 4 is 13.7 Å². The van der Waals surface area contributed by atoms with Crippen molar-refractivity contribution in [1.29, 1.82) is 0 Å². The van der Waals surface area contributed by atoms with Crippen molar-refractivity contribution in [3.8, 4) is 0 Å². The van der Waals surface area contributed by atoms with E-state index >= 15 is 0 Å². The number of allylic oxidation sites excluding steroid dienone is 11. The Kier molecular flexibility index (Phi) is 36.1. The van der Waals surface area contributed by atoms with Crippen LogP contribution in [0.3, 0.4) is 0 Å². The first-order valence-corrected chi connectivity index (χ1v) is 23.3. The molecule has 0 aromatic carbocycles. The Hall–Kier alpha value is -2.06. The average molecular weight is 791 g/mol. The van der Waals surface area contributed by atoms with Crippen LogP contribution in [0.15, 0.2) is 72.9 Å². The van der Waals surface area contributed by atoms with Gasteiger partial charge in [-0.2, -0.15) is 0 Å². The first-order valence-electron chi connectivity index (χ1n) is 21.8. The minimum absolute atomic E-state index is 0.00728. The number of rotatable bonds is 38. The summed E-state index contributed by atoms with van der Waals surface area (Å²) in [5.41, 5.74) is 0. The number of carbonyl (C=O) groups is 1. The van der Waals surface area contributed by atoms with Crippen LogP contribution in [0.2, 0.25) is 0 Å². The quantitative estimate of drug-likeness (QED) is 0.0279. The van der Waals surface area contributed by atoms with Gasteiger partial charge < -0.3 is 28.8 Å². The van der Waals surface area contributed by atoms with Gasteiger partial charge in [-0.3, -0.25) is 9.36 Å². The highest BCUT2D eigenvalue weighted by Crippen LogP contribution is 2.38. The highest BCUT2D eigenvalue weighted by atomic mass is 31.2. The SMILES string of the molecule is CC/C=C\C/C=C\C/C=C\C/C=C\C/C=C\CCCCCCCCCC(=O)NC(COP(=O)([O-])OCC[N+](C)(C)C)C(O)/C=C/CCCCCCCCCC. The molecule has 0 heterocycles. The number of aliphatic hydroxyl groups is 1. The van der Waals surface area contributed by atoms with Crippen LogP contribution in [0.4, 0.5) is 0 Å². The third-order valence-electron chi connectivity index (χ3n) is 9.17. The number of hydrogen-bond acceptors (Lipinski definition) is 6. The van der Waals surface area contributed by atoms with Crippen LogP contribution in [0.25, 0.3) is 0 Å². The van der Waals surface area contributed by atoms with Crippen LogP contribution in [0.5, 0.6) is 0 Å². The van der Waals surface area contributed by atoms with E-state index in [1.807, 2.05) is 27.2 Å². The summed E-state index contributed by atoms with van der Waals surface area (Å²) in [7, 11) is 1.24. The molecule has 318 valence electrons. The molecule has 0 saturated heterocycles. The number of aliphatic hydroxyl groups excluding tert-OH is 1. The van der Waals surface area contributed by atoms with E-state index in [9.17, 15) is 19.4 Å². The topological polar surface area (TPSA) is 108 Å². The van der Waals surface area contributed by atoms with Crippen LogP contribution >= 0.6 is 7.82 Å². The number of quaternary nitrogens is 1. The molecule has 55 heavy (non-hydrogen) atoms. The first-order chi connectivity index (χ1) is 26.5. The molecule has 0 aliphatic heterocycles. The molecule has 9 heteroatoms. The van der Waals surface area contributed by atoms with Gasteiger partial charge >= 0.3 is 0 Å². The second kappa shape index (κ2) is 37.5. The van der Waals surface area contributed by atoms with Gasteiger partial charge in [-0.15, -0.1) is 0 Å². The molecule has 3 atom stereocenters. The maximum absolute atomic E-state index is 12.8. The van der Waals surface area contributed by atoms with Crippen LogP contribution in [0.1, 0.15) is 162 Å². The van der Waals surface area contributed by atoms with E-state index in [-0.39, 0.29) is 19.1 Å². The summed E-state index contributed by atoms with van der Waals surface area (Å²) in [6, 6.07) is -0.894. The Morgan fingerprint density at radius 1 is 0.655 bits per heavy atom. The van der Waals surface area contributed by atoms with Gasteiger partial charge in [-0.05, 0) is 64.2 Å². The summed E-state index contributed by atoms with van der Waals surface area (Å²) in [5.74, 6) is -0.215. The minimum atomic E-state index is -4.59. The second-order valence-electron chi connectivity index (χ2n) is 15.7. The summed E-state index contributed by atoms with van der Waals surface area (Å²) in [5, 5.41) is 13.7. The molecule has 1 amide bonds. The maximum Gasteiger partial charge on any atom is 0.268 e. The Morgan fingerprint density at radius 2 is 1.11 bits per heavy atom. The van der Waals surface area contributed by atoms with Crippen LogP contribution in [-0.4, -0.2) is 68.5 Å². The summed E-state index contributed by atoms with van der Waals surface area (Å²) >= 11 is 0. The van der Waals surface area contributed by atoms with Gasteiger partial charge in [0.25, 0.3) is 7.82 Å². The molecular weight excluding hydrogens is 707 g/mol. The average Bonchev–Trinajstić information content (AvgIpc) is 3.13. The van der Waals surface area contributed by atoms with E-state index in [2.05, 4.69) is 79.9 Å². The molecule has 0 bridgehead atoms. The Labute approximate surface area is 338 Å². The summed E-state index contributed by atoms with van der Waals surface area (Å²) in [4.78, 5) is 25.2.